The van der Waals surface area contributed by atoms with Crippen LogP contribution in [0.3, 0.4) is 0 Å². The monoisotopic (exact) mass is 272 g/mol. The van der Waals surface area contributed by atoms with Crippen LogP contribution in [0, 0.1) is 11.3 Å². The Morgan fingerprint density at radius 1 is 1.37 bits per heavy atom. The van der Waals surface area contributed by atoms with E-state index < -0.39 is 0 Å². The molecule has 0 unspecified atom stereocenters. The van der Waals surface area contributed by atoms with E-state index in [1.165, 1.54) is 4.88 Å². The fourth-order valence-corrected chi connectivity index (χ4v) is 2.54. The van der Waals surface area contributed by atoms with Gasteiger partial charge in [-0.05, 0) is 42.1 Å². The van der Waals surface area contributed by atoms with Crippen LogP contribution in [-0.2, 0) is 13.0 Å². The molecule has 2 rings (SSSR count). The molecule has 1 aromatic carbocycles. The molecule has 0 aliphatic carbocycles. The molecule has 2 aromatic rings. The minimum atomic E-state index is 0.632. The number of rotatable bonds is 6. The van der Waals surface area contributed by atoms with Crippen LogP contribution in [0.15, 0.2) is 35.7 Å². The van der Waals surface area contributed by atoms with E-state index in [4.69, 9.17) is 10.00 Å². The van der Waals surface area contributed by atoms with Crippen molar-refractivity contribution in [3.63, 3.8) is 0 Å². The molecule has 1 N–H and O–H groups in total. The molecular weight excluding hydrogens is 256 g/mol. The lowest BCUT2D eigenvalue weighted by Crippen LogP contribution is -2.16. The number of thiophene rings is 1. The normalized spacial score (nSPS) is 10.1. The molecule has 3 nitrogen and oxygen atoms in total. The Bertz CT molecular complexity index is 558. The number of nitrogens with zero attached hydrogens (tertiary/aromatic N) is 1. The van der Waals surface area contributed by atoms with Crippen molar-refractivity contribution in [1.82, 2.24) is 5.32 Å². The average Bonchev–Trinajstić information content (AvgIpc) is 2.96. The van der Waals surface area contributed by atoms with Crippen LogP contribution in [0.2, 0.25) is 0 Å². The number of nitrogens with one attached hydrogen (secondary N) is 1. The first kappa shape index (κ1) is 13.6. The number of hydrogen-bond donors (Lipinski definition) is 1. The van der Waals surface area contributed by atoms with E-state index in [2.05, 4.69) is 28.9 Å². The van der Waals surface area contributed by atoms with E-state index in [9.17, 15) is 0 Å². The first-order valence-corrected chi connectivity index (χ1v) is 7.01. The second-order valence-electron chi connectivity index (χ2n) is 4.14. The molecule has 0 bridgehead atoms. The van der Waals surface area contributed by atoms with Crippen LogP contribution >= 0.6 is 11.3 Å². The largest absolute Gasteiger partial charge is 0.496 e. The standard InChI is InChI=1S/C15H16N2OS/c1-18-15-9-12(10-16)4-5-13(15)6-7-17-11-14-3-2-8-19-14/h2-5,8-9,17H,6-7,11H2,1H3. The highest BCUT2D eigenvalue weighted by atomic mass is 32.1. The minimum absolute atomic E-state index is 0.632. The van der Waals surface area contributed by atoms with Crippen LogP contribution in [0.5, 0.6) is 5.75 Å². The van der Waals surface area contributed by atoms with E-state index in [1.807, 2.05) is 12.1 Å². The number of benzene rings is 1. The molecule has 0 radical (unpaired) electrons. The van der Waals surface area contributed by atoms with Gasteiger partial charge in [0.15, 0.2) is 0 Å². The van der Waals surface area contributed by atoms with Crippen molar-refractivity contribution in [1.29, 1.82) is 5.26 Å². The average molecular weight is 272 g/mol. The van der Waals surface area contributed by atoms with Gasteiger partial charge >= 0.3 is 0 Å². The number of ether oxygens (including phenoxy) is 1. The number of hydrogen-bond acceptors (Lipinski definition) is 4. The fraction of sp³-hybridized carbons (Fsp3) is 0.267. The third kappa shape index (κ3) is 3.82. The van der Waals surface area contributed by atoms with E-state index in [0.717, 1.165) is 30.8 Å². The first-order chi connectivity index (χ1) is 9.33. The first-order valence-electron chi connectivity index (χ1n) is 6.13. The molecule has 0 fully saturated rings. The van der Waals surface area contributed by atoms with Crippen LogP contribution in [0.4, 0.5) is 0 Å². The van der Waals surface area contributed by atoms with E-state index in [1.54, 1.807) is 24.5 Å². The summed E-state index contributed by atoms with van der Waals surface area (Å²) in [6.07, 6.45) is 0.889. The Morgan fingerprint density at radius 2 is 2.26 bits per heavy atom. The predicted octanol–water partition coefficient (Wildman–Crippen LogP) is 2.96. The number of nitriles is 1. The van der Waals surface area contributed by atoms with Crippen molar-refractivity contribution in [3.05, 3.63) is 51.7 Å². The molecule has 0 spiro atoms. The van der Waals surface area contributed by atoms with Gasteiger partial charge < -0.3 is 10.1 Å². The summed E-state index contributed by atoms with van der Waals surface area (Å²) in [7, 11) is 1.64. The summed E-state index contributed by atoms with van der Waals surface area (Å²) in [4.78, 5) is 1.34. The Kier molecular flexibility index (Phi) is 4.96. The van der Waals surface area contributed by atoms with Crippen molar-refractivity contribution in [2.45, 2.75) is 13.0 Å². The molecule has 1 heterocycles. The van der Waals surface area contributed by atoms with E-state index in [0.29, 0.717) is 5.56 Å². The zero-order valence-corrected chi connectivity index (χ0v) is 11.7. The molecule has 98 valence electrons. The molecule has 0 saturated heterocycles. The van der Waals surface area contributed by atoms with Gasteiger partial charge in [0.25, 0.3) is 0 Å². The minimum Gasteiger partial charge on any atom is -0.496 e. The van der Waals surface area contributed by atoms with Crippen LogP contribution in [0.1, 0.15) is 16.0 Å². The summed E-state index contributed by atoms with van der Waals surface area (Å²) in [5.41, 5.74) is 1.76. The van der Waals surface area contributed by atoms with Crippen molar-refractivity contribution in [2.24, 2.45) is 0 Å². The van der Waals surface area contributed by atoms with Gasteiger partial charge in [0.05, 0.1) is 18.7 Å². The van der Waals surface area contributed by atoms with Crippen molar-refractivity contribution in [3.8, 4) is 11.8 Å². The SMILES string of the molecule is COc1cc(C#N)ccc1CCNCc1cccs1. The van der Waals surface area contributed by atoms with Crippen LogP contribution in [-0.4, -0.2) is 13.7 Å². The fourth-order valence-electron chi connectivity index (χ4n) is 1.87. The highest BCUT2D eigenvalue weighted by Gasteiger charge is 2.04. The smallest absolute Gasteiger partial charge is 0.123 e. The number of methoxy groups -OCH3 is 1. The maximum atomic E-state index is 8.85. The van der Waals surface area contributed by atoms with Gasteiger partial charge in [-0.15, -0.1) is 11.3 Å². The molecule has 0 atom stereocenters. The van der Waals surface area contributed by atoms with Crippen LogP contribution < -0.4 is 10.1 Å². The van der Waals surface area contributed by atoms with Gasteiger partial charge in [0, 0.05) is 11.4 Å². The molecule has 1 aromatic heterocycles. The predicted molar refractivity (Wildman–Crippen MR) is 77.4 cm³/mol. The van der Waals surface area contributed by atoms with Gasteiger partial charge in [-0.25, -0.2) is 0 Å². The Hall–Kier alpha value is -1.83. The Morgan fingerprint density at radius 3 is 2.95 bits per heavy atom. The third-order valence-corrected chi connectivity index (χ3v) is 3.74. The summed E-state index contributed by atoms with van der Waals surface area (Å²) >= 11 is 1.76. The molecular formula is C15H16N2OS. The van der Waals surface area contributed by atoms with Gasteiger partial charge in [-0.2, -0.15) is 5.26 Å². The summed E-state index contributed by atoms with van der Waals surface area (Å²) < 4.78 is 5.31. The van der Waals surface area contributed by atoms with Gasteiger partial charge in [0.2, 0.25) is 0 Å². The molecule has 0 aliphatic heterocycles. The van der Waals surface area contributed by atoms with Crippen molar-refractivity contribution < 1.29 is 4.74 Å². The van der Waals surface area contributed by atoms with Gasteiger partial charge in [-0.1, -0.05) is 12.1 Å². The zero-order valence-electron chi connectivity index (χ0n) is 10.8. The van der Waals surface area contributed by atoms with Gasteiger partial charge in [0.1, 0.15) is 5.75 Å². The molecule has 0 aliphatic rings. The lowest BCUT2D eigenvalue weighted by atomic mass is 10.1. The highest BCUT2D eigenvalue weighted by Crippen LogP contribution is 2.20. The van der Waals surface area contributed by atoms with Gasteiger partial charge in [-0.3, -0.25) is 0 Å². The zero-order chi connectivity index (χ0) is 13.5. The lowest BCUT2D eigenvalue weighted by molar-refractivity contribution is 0.409. The second kappa shape index (κ2) is 6.93. The quantitative estimate of drug-likeness (QED) is 0.822. The maximum Gasteiger partial charge on any atom is 0.123 e. The van der Waals surface area contributed by atoms with E-state index in [-0.39, 0.29) is 0 Å². The van der Waals surface area contributed by atoms with Crippen molar-refractivity contribution in [2.75, 3.05) is 13.7 Å². The highest BCUT2D eigenvalue weighted by molar-refractivity contribution is 7.09. The summed E-state index contributed by atoms with van der Waals surface area (Å²) in [6, 6.07) is 11.9. The summed E-state index contributed by atoms with van der Waals surface area (Å²) in [5, 5.41) is 14.3. The van der Waals surface area contributed by atoms with Crippen molar-refractivity contribution >= 4 is 11.3 Å². The molecule has 0 amide bonds. The topological polar surface area (TPSA) is 45.0 Å². The Labute approximate surface area is 117 Å². The Balaban J connectivity index is 1.87. The van der Waals surface area contributed by atoms with E-state index >= 15 is 0 Å². The third-order valence-electron chi connectivity index (χ3n) is 2.87. The molecule has 19 heavy (non-hydrogen) atoms. The second-order valence-corrected chi connectivity index (χ2v) is 5.18. The summed E-state index contributed by atoms with van der Waals surface area (Å²) in [5.74, 6) is 0.789. The molecule has 4 heteroatoms. The van der Waals surface area contributed by atoms with Crippen LogP contribution in [0.25, 0.3) is 0 Å². The molecule has 0 saturated carbocycles. The lowest BCUT2D eigenvalue weighted by Gasteiger charge is -2.09. The summed E-state index contributed by atoms with van der Waals surface area (Å²) in [6.45, 7) is 1.79. The maximum absolute atomic E-state index is 8.85.